The third-order valence-electron chi connectivity index (χ3n) is 5.21. The van der Waals surface area contributed by atoms with Gasteiger partial charge in [0.2, 0.25) is 5.91 Å². The van der Waals surface area contributed by atoms with Crippen LogP contribution < -0.4 is 14.4 Å². The van der Waals surface area contributed by atoms with Crippen LogP contribution >= 0.6 is 11.6 Å². The van der Waals surface area contributed by atoms with Gasteiger partial charge in [-0.2, -0.15) is 0 Å². The molecule has 0 fully saturated rings. The fraction of sp³-hybridized carbons (Fsp3) is 0.167. The Labute approximate surface area is 212 Å². The van der Waals surface area contributed by atoms with Crippen LogP contribution in [0, 0.1) is 17.0 Å². The number of benzene rings is 3. The van der Waals surface area contributed by atoms with Crippen molar-refractivity contribution in [3.63, 3.8) is 0 Å². The zero-order chi connectivity index (χ0) is 26.6. The Bertz CT molecular complexity index is 1460. The molecule has 188 valence electrons. The van der Waals surface area contributed by atoms with Crippen LogP contribution in [-0.2, 0) is 14.8 Å². The zero-order valence-electron chi connectivity index (χ0n) is 19.5. The number of ether oxygens (including phenoxy) is 1. The average Bonchev–Trinajstić information content (AvgIpc) is 2.82. The Balaban J connectivity index is 2.08. The maximum Gasteiger partial charge on any atom is 0.273 e. The standard InChI is InChI=1S/C24H22ClN3O7S/c1-15-7-9-20(13-21(15)28(31)32)36(33,34)27(22-12-18(25)8-10-23(22)35-3)14-24(30)26-19-6-4-5-17(11-19)16(2)29/h4-13H,14H2,1-3H3,(H,26,30). The third kappa shape index (κ3) is 5.81. The molecule has 0 aliphatic rings. The van der Waals surface area contributed by atoms with Crippen molar-refractivity contribution in [1.82, 2.24) is 0 Å². The second kappa shape index (κ2) is 10.8. The van der Waals surface area contributed by atoms with Gasteiger partial charge in [-0.1, -0.05) is 29.8 Å². The summed E-state index contributed by atoms with van der Waals surface area (Å²) in [5.74, 6) is -0.834. The quantitative estimate of drug-likeness (QED) is 0.242. The van der Waals surface area contributed by atoms with Crippen molar-refractivity contribution in [1.29, 1.82) is 0 Å². The lowest BCUT2D eigenvalue weighted by atomic mass is 10.1. The van der Waals surface area contributed by atoms with E-state index in [2.05, 4.69) is 5.32 Å². The molecule has 3 aromatic carbocycles. The first-order chi connectivity index (χ1) is 16.9. The highest BCUT2D eigenvalue weighted by molar-refractivity contribution is 7.92. The molecule has 0 atom stereocenters. The predicted molar refractivity (Wildman–Crippen MR) is 135 cm³/mol. The van der Waals surface area contributed by atoms with Crippen molar-refractivity contribution in [2.24, 2.45) is 0 Å². The predicted octanol–water partition coefficient (Wildman–Crippen LogP) is 4.60. The van der Waals surface area contributed by atoms with E-state index in [-0.39, 0.29) is 39.2 Å². The molecule has 10 nitrogen and oxygen atoms in total. The number of hydrogen-bond donors (Lipinski definition) is 1. The van der Waals surface area contributed by atoms with E-state index in [4.69, 9.17) is 16.3 Å². The summed E-state index contributed by atoms with van der Waals surface area (Å²) in [6.07, 6.45) is 0. The van der Waals surface area contributed by atoms with Crippen molar-refractivity contribution in [3.8, 4) is 5.75 Å². The maximum absolute atomic E-state index is 13.7. The molecular weight excluding hydrogens is 510 g/mol. The van der Waals surface area contributed by atoms with Crippen molar-refractivity contribution >= 4 is 50.4 Å². The molecule has 0 saturated carbocycles. The highest BCUT2D eigenvalue weighted by Crippen LogP contribution is 2.35. The Kier molecular flexibility index (Phi) is 7.96. The number of rotatable bonds is 9. The molecule has 0 unspecified atom stereocenters. The normalized spacial score (nSPS) is 11.0. The molecule has 0 radical (unpaired) electrons. The smallest absolute Gasteiger partial charge is 0.273 e. The lowest BCUT2D eigenvalue weighted by molar-refractivity contribution is -0.385. The SMILES string of the molecule is COc1ccc(Cl)cc1N(CC(=O)Nc1cccc(C(C)=O)c1)S(=O)(=O)c1ccc(C)c([N+](=O)[O-])c1. The van der Waals surface area contributed by atoms with Crippen molar-refractivity contribution in [3.05, 3.63) is 86.9 Å². The molecular formula is C24H22ClN3O7S. The number of hydrogen-bond acceptors (Lipinski definition) is 7. The first kappa shape index (κ1) is 26.6. The molecule has 3 aromatic rings. The average molecular weight is 532 g/mol. The number of nitro groups is 1. The zero-order valence-corrected chi connectivity index (χ0v) is 21.1. The fourth-order valence-corrected chi connectivity index (χ4v) is 4.99. The van der Waals surface area contributed by atoms with Crippen molar-refractivity contribution in [2.75, 3.05) is 23.3 Å². The summed E-state index contributed by atoms with van der Waals surface area (Å²) in [6.45, 7) is 2.14. The minimum atomic E-state index is -4.51. The molecule has 3 rings (SSSR count). The van der Waals surface area contributed by atoms with Gasteiger partial charge in [-0.15, -0.1) is 0 Å². The van der Waals surface area contributed by atoms with Gasteiger partial charge in [0.15, 0.2) is 5.78 Å². The van der Waals surface area contributed by atoms with Crippen LogP contribution in [0.4, 0.5) is 17.1 Å². The summed E-state index contributed by atoms with van der Waals surface area (Å²) >= 11 is 6.12. The van der Waals surface area contributed by atoms with Crippen LogP contribution in [0.3, 0.4) is 0 Å². The van der Waals surface area contributed by atoms with Gasteiger partial charge in [0.05, 0.1) is 22.6 Å². The fourth-order valence-electron chi connectivity index (χ4n) is 3.38. The molecule has 0 aromatic heterocycles. The Morgan fingerprint density at radius 3 is 2.47 bits per heavy atom. The van der Waals surface area contributed by atoms with E-state index in [1.807, 2.05) is 0 Å². The van der Waals surface area contributed by atoms with Gasteiger partial charge in [0.25, 0.3) is 15.7 Å². The van der Waals surface area contributed by atoms with E-state index in [0.29, 0.717) is 5.56 Å². The minimum Gasteiger partial charge on any atom is -0.495 e. The number of anilines is 2. The summed E-state index contributed by atoms with van der Waals surface area (Å²) in [6, 6.07) is 13.9. The topological polar surface area (TPSA) is 136 Å². The van der Waals surface area contributed by atoms with E-state index in [9.17, 15) is 28.1 Å². The van der Waals surface area contributed by atoms with Crippen molar-refractivity contribution in [2.45, 2.75) is 18.7 Å². The number of nitrogens with zero attached hydrogens (tertiary/aromatic N) is 2. The number of halogens is 1. The summed E-state index contributed by atoms with van der Waals surface area (Å²) in [5.41, 5.74) is 0.490. The maximum atomic E-state index is 13.7. The third-order valence-corrected chi connectivity index (χ3v) is 7.21. The summed E-state index contributed by atoms with van der Waals surface area (Å²) < 4.78 is 33.5. The van der Waals surface area contributed by atoms with E-state index in [0.717, 1.165) is 10.4 Å². The van der Waals surface area contributed by atoms with Crippen LogP contribution in [0.15, 0.2) is 65.6 Å². The second-order valence-electron chi connectivity index (χ2n) is 7.72. The number of methoxy groups -OCH3 is 1. The van der Waals surface area contributed by atoms with Crippen LogP contribution in [0.25, 0.3) is 0 Å². The monoisotopic (exact) mass is 531 g/mol. The van der Waals surface area contributed by atoms with Crippen molar-refractivity contribution < 1.29 is 27.7 Å². The van der Waals surface area contributed by atoms with Gasteiger partial charge in [-0.05, 0) is 50.2 Å². The lowest BCUT2D eigenvalue weighted by Gasteiger charge is -2.26. The number of sulfonamides is 1. The first-order valence-electron chi connectivity index (χ1n) is 10.5. The molecule has 0 heterocycles. The molecule has 36 heavy (non-hydrogen) atoms. The highest BCUT2D eigenvalue weighted by atomic mass is 35.5. The molecule has 1 N–H and O–H groups in total. The number of Topliss-reactive ketones (excluding diaryl/α,β-unsaturated/α-hetero) is 1. The largest absolute Gasteiger partial charge is 0.495 e. The Morgan fingerprint density at radius 2 is 1.83 bits per heavy atom. The number of nitro benzene ring substituents is 1. The minimum absolute atomic E-state index is 0.0409. The number of carbonyl (C=O) groups excluding carboxylic acids is 2. The molecule has 0 bridgehead atoms. The first-order valence-corrected chi connectivity index (χ1v) is 12.3. The number of amides is 1. The lowest BCUT2D eigenvalue weighted by Crippen LogP contribution is -2.38. The molecule has 0 spiro atoms. The molecule has 0 saturated heterocycles. The number of carbonyl (C=O) groups is 2. The van der Waals surface area contributed by atoms with Crippen LogP contribution in [-0.4, -0.2) is 38.7 Å². The van der Waals surface area contributed by atoms with E-state index < -0.39 is 32.3 Å². The summed E-state index contributed by atoms with van der Waals surface area (Å²) in [4.78, 5) is 35.0. The van der Waals surface area contributed by atoms with Crippen LogP contribution in [0.5, 0.6) is 5.75 Å². The van der Waals surface area contributed by atoms with Crippen LogP contribution in [0.2, 0.25) is 5.02 Å². The Hall–Kier alpha value is -3.96. The molecule has 0 aliphatic heterocycles. The highest BCUT2D eigenvalue weighted by Gasteiger charge is 2.31. The van der Waals surface area contributed by atoms with Gasteiger partial charge in [-0.3, -0.25) is 24.0 Å². The second-order valence-corrected chi connectivity index (χ2v) is 10.0. The van der Waals surface area contributed by atoms with E-state index in [1.54, 1.807) is 18.2 Å². The van der Waals surface area contributed by atoms with Crippen LogP contribution in [0.1, 0.15) is 22.8 Å². The van der Waals surface area contributed by atoms with Gasteiger partial charge < -0.3 is 10.1 Å². The van der Waals surface area contributed by atoms with Gasteiger partial charge >= 0.3 is 0 Å². The Morgan fingerprint density at radius 1 is 1.11 bits per heavy atom. The molecule has 12 heteroatoms. The summed E-state index contributed by atoms with van der Waals surface area (Å²) in [5, 5.41) is 14.2. The van der Waals surface area contributed by atoms with Gasteiger partial charge in [0, 0.05) is 27.9 Å². The number of aryl methyl sites for hydroxylation is 1. The van der Waals surface area contributed by atoms with Gasteiger partial charge in [-0.25, -0.2) is 8.42 Å². The summed E-state index contributed by atoms with van der Waals surface area (Å²) in [7, 11) is -3.19. The van der Waals surface area contributed by atoms with Gasteiger partial charge in [0.1, 0.15) is 12.3 Å². The van der Waals surface area contributed by atoms with E-state index in [1.165, 1.54) is 57.4 Å². The van der Waals surface area contributed by atoms with E-state index >= 15 is 0 Å². The number of ketones is 1. The number of nitrogens with one attached hydrogen (secondary N) is 1. The molecule has 0 aliphatic carbocycles. The molecule has 1 amide bonds.